The highest BCUT2D eigenvalue weighted by molar-refractivity contribution is 6.31. The molecule has 0 aliphatic heterocycles. The third-order valence-corrected chi connectivity index (χ3v) is 3.70. The minimum Gasteiger partial charge on any atom is -0.346 e. The smallest absolute Gasteiger partial charge is 0.0481 e. The first kappa shape index (κ1) is 14.4. The molecular weight excluding hydrogens is 256 g/mol. The topological polar surface area (TPSA) is 17.0 Å². The van der Waals surface area contributed by atoms with Gasteiger partial charge in [-0.2, -0.15) is 0 Å². The number of fused-ring (bicyclic) bond motifs is 1. The molecule has 0 bridgehead atoms. The molecule has 0 aliphatic rings. The summed E-state index contributed by atoms with van der Waals surface area (Å²) in [6, 6.07) is 8.20. The second-order valence-corrected chi connectivity index (χ2v) is 5.46. The third kappa shape index (κ3) is 4.26. The lowest BCUT2D eigenvalue weighted by atomic mass is 10.2. The standard InChI is InChI=1S/C16H23ClN2/c1-2-3-4-5-9-18-10-12-19-11-8-14-13-15(17)6-7-16(14)19/h6-8,11,13,18H,2-5,9-10,12H2,1H3. The van der Waals surface area contributed by atoms with Crippen molar-refractivity contribution in [2.75, 3.05) is 13.1 Å². The first-order valence-electron chi connectivity index (χ1n) is 7.26. The van der Waals surface area contributed by atoms with Gasteiger partial charge in [-0.05, 0) is 37.2 Å². The molecule has 0 fully saturated rings. The Bertz CT molecular complexity index is 504. The summed E-state index contributed by atoms with van der Waals surface area (Å²) in [5, 5.41) is 5.53. The van der Waals surface area contributed by atoms with Crippen LogP contribution < -0.4 is 5.32 Å². The van der Waals surface area contributed by atoms with Crippen molar-refractivity contribution in [3.63, 3.8) is 0 Å². The van der Waals surface area contributed by atoms with Crippen LogP contribution in [-0.2, 0) is 6.54 Å². The van der Waals surface area contributed by atoms with E-state index in [0.717, 1.165) is 24.7 Å². The lowest BCUT2D eigenvalue weighted by Crippen LogP contribution is -2.20. The highest BCUT2D eigenvalue weighted by atomic mass is 35.5. The van der Waals surface area contributed by atoms with Gasteiger partial charge in [0.2, 0.25) is 0 Å². The van der Waals surface area contributed by atoms with E-state index in [1.165, 1.54) is 36.6 Å². The molecule has 19 heavy (non-hydrogen) atoms. The zero-order valence-corrected chi connectivity index (χ0v) is 12.4. The molecule has 0 unspecified atom stereocenters. The Balaban J connectivity index is 1.76. The maximum Gasteiger partial charge on any atom is 0.0481 e. The van der Waals surface area contributed by atoms with Crippen molar-refractivity contribution in [1.82, 2.24) is 9.88 Å². The fourth-order valence-electron chi connectivity index (χ4n) is 2.37. The molecule has 1 heterocycles. The van der Waals surface area contributed by atoms with Crippen molar-refractivity contribution < 1.29 is 0 Å². The summed E-state index contributed by atoms with van der Waals surface area (Å²) in [5.41, 5.74) is 1.26. The van der Waals surface area contributed by atoms with Crippen LogP contribution in [0, 0.1) is 0 Å². The fraction of sp³-hybridized carbons (Fsp3) is 0.500. The van der Waals surface area contributed by atoms with Crippen molar-refractivity contribution in [1.29, 1.82) is 0 Å². The number of hydrogen-bond acceptors (Lipinski definition) is 1. The van der Waals surface area contributed by atoms with E-state index < -0.39 is 0 Å². The van der Waals surface area contributed by atoms with Gasteiger partial charge in [0.1, 0.15) is 0 Å². The number of nitrogens with one attached hydrogen (secondary N) is 1. The molecule has 2 aromatic rings. The van der Waals surface area contributed by atoms with Crippen molar-refractivity contribution >= 4 is 22.5 Å². The molecule has 1 aromatic carbocycles. The lowest BCUT2D eigenvalue weighted by molar-refractivity contribution is 0.567. The van der Waals surface area contributed by atoms with Gasteiger partial charge in [0.15, 0.2) is 0 Å². The number of benzene rings is 1. The molecule has 0 spiro atoms. The van der Waals surface area contributed by atoms with E-state index in [9.17, 15) is 0 Å². The van der Waals surface area contributed by atoms with Crippen molar-refractivity contribution in [2.45, 2.75) is 39.2 Å². The van der Waals surface area contributed by atoms with Crippen LogP contribution in [0.4, 0.5) is 0 Å². The van der Waals surface area contributed by atoms with Crippen LogP contribution in [0.25, 0.3) is 10.9 Å². The Morgan fingerprint density at radius 2 is 2.00 bits per heavy atom. The van der Waals surface area contributed by atoms with Crippen molar-refractivity contribution in [3.05, 3.63) is 35.5 Å². The van der Waals surface area contributed by atoms with Crippen LogP contribution in [-0.4, -0.2) is 17.7 Å². The fourth-order valence-corrected chi connectivity index (χ4v) is 2.55. The van der Waals surface area contributed by atoms with E-state index in [2.05, 4.69) is 35.1 Å². The van der Waals surface area contributed by atoms with Crippen LogP contribution in [0.1, 0.15) is 32.6 Å². The van der Waals surface area contributed by atoms with E-state index >= 15 is 0 Å². The molecule has 104 valence electrons. The van der Waals surface area contributed by atoms with Crippen molar-refractivity contribution in [3.8, 4) is 0 Å². The SMILES string of the molecule is CCCCCCNCCn1ccc2cc(Cl)ccc21. The van der Waals surface area contributed by atoms with Gasteiger partial charge in [0.25, 0.3) is 0 Å². The molecule has 0 radical (unpaired) electrons. The number of rotatable bonds is 8. The van der Waals surface area contributed by atoms with Gasteiger partial charge < -0.3 is 9.88 Å². The Morgan fingerprint density at radius 1 is 1.11 bits per heavy atom. The van der Waals surface area contributed by atoms with Gasteiger partial charge >= 0.3 is 0 Å². The van der Waals surface area contributed by atoms with E-state index in [0.29, 0.717) is 0 Å². The average Bonchev–Trinajstić information content (AvgIpc) is 2.80. The molecule has 1 aromatic heterocycles. The molecule has 1 N–H and O–H groups in total. The van der Waals surface area contributed by atoms with E-state index in [4.69, 9.17) is 11.6 Å². The summed E-state index contributed by atoms with van der Waals surface area (Å²) in [6.07, 6.45) is 7.42. The number of hydrogen-bond donors (Lipinski definition) is 1. The minimum atomic E-state index is 0.805. The predicted molar refractivity (Wildman–Crippen MR) is 84.0 cm³/mol. The monoisotopic (exact) mass is 278 g/mol. The lowest BCUT2D eigenvalue weighted by Gasteiger charge is -2.07. The minimum absolute atomic E-state index is 0.805. The Hall–Kier alpha value is -0.990. The summed E-state index contributed by atoms with van der Waals surface area (Å²) < 4.78 is 2.28. The van der Waals surface area contributed by atoms with Gasteiger partial charge in [-0.1, -0.05) is 37.8 Å². The second kappa shape index (κ2) is 7.56. The predicted octanol–water partition coefficient (Wildman–Crippen LogP) is 4.46. The maximum atomic E-state index is 5.99. The largest absolute Gasteiger partial charge is 0.346 e. The van der Waals surface area contributed by atoms with E-state index in [-0.39, 0.29) is 0 Å². The zero-order chi connectivity index (χ0) is 13.5. The molecular formula is C16H23ClN2. The summed E-state index contributed by atoms with van der Waals surface area (Å²) in [5.74, 6) is 0. The molecule has 0 saturated heterocycles. The maximum absolute atomic E-state index is 5.99. The highest BCUT2D eigenvalue weighted by Crippen LogP contribution is 2.20. The first-order valence-corrected chi connectivity index (χ1v) is 7.64. The summed E-state index contributed by atoms with van der Waals surface area (Å²) >= 11 is 5.99. The number of halogens is 1. The van der Waals surface area contributed by atoms with Crippen LogP contribution >= 0.6 is 11.6 Å². The average molecular weight is 279 g/mol. The van der Waals surface area contributed by atoms with E-state index in [1.807, 2.05) is 12.1 Å². The number of aromatic nitrogens is 1. The van der Waals surface area contributed by atoms with Crippen LogP contribution in [0.15, 0.2) is 30.5 Å². The second-order valence-electron chi connectivity index (χ2n) is 5.02. The van der Waals surface area contributed by atoms with Crippen LogP contribution in [0.2, 0.25) is 5.02 Å². The normalized spacial score (nSPS) is 11.3. The first-order chi connectivity index (χ1) is 9.31. The zero-order valence-electron chi connectivity index (χ0n) is 11.7. The van der Waals surface area contributed by atoms with Gasteiger partial charge in [0, 0.05) is 35.2 Å². The molecule has 2 nitrogen and oxygen atoms in total. The van der Waals surface area contributed by atoms with Gasteiger partial charge in [-0.25, -0.2) is 0 Å². The molecule has 0 amide bonds. The number of unbranched alkanes of at least 4 members (excludes halogenated alkanes) is 3. The van der Waals surface area contributed by atoms with Crippen LogP contribution in [0.3, 0.4) is 0 Å². The van der Waals surface area contributed by atoms with Gasteiger partial charge in [-0.15, -0.1) is 0 Å². The van der Waals surface area contributed by atoms with E-state index in [1.54, 1.807) is 0 Å². The van der Waals surface area contributed by atoms with Gasteiger partial charge in [-0.3, -0.25) is 0 Å². The summed E-state index contributed by atoms with van der Waals surface area (Å²) in [7, 11) is 0. The molecule has 3 heteroatoms. The van der Waals surface area contributed by atoms with Gasteiger partial charge in [0.05, 0.1) is 0 Å². The Labute approximate surface area is 120 Å². The molecule has 0 aliphatic carbocycles. The van der Waals surface area contributed by atoms with Crippen LogP contribution in [0.5, 0.6) is 0 Å². The number of nitrogens with zero attached hydrogens (tertiary/aromatic N) is 1. The molecule has 2 rings (SSSR count). The quantitative estimate of drug-likeness (QED) is 0.705. The van der Waals surface area contributed by atoms with Crippen molar-refractivity contribution in [2.24, 2.45) is 0 Å². The summed E-state index contributed by atoms with van der Waals surface area (Å²) in [6.45, 7) is 5.42. The third-order valence-electron chi connectivity index (χ3n) is 3.47. The molecule has 0 saturated carbocycles. The molecule has 0 atom stereocenters. The summed E-state index contributed by atoms with van der Waals surface area (Å²) in [4.78, 5) is 0. The Morgan fingerprint density at radius 3 is 2.84 bits per heavy atom. The Kier molecular flexibility index (Phi) is 5.74. The highest BCUT2D eigenvalue weighted by Gasteiger charge is 2.00.